The lowest BCUT2D eigenvalue weighted by Gasteiger charge is -2.17. The van der Waals surface area contributed by atoms with Crippen LogP contribution in [0.5, 0.6) is 0 Å². The Balaban J connectivity index is 1.80. The first-order valence-electron chi connectivity index (χ1n) is 8.44. The number of benzene rings is 2. The van der Waals surface area contributed by atoms with Gasteiger partial charge in [0.2, 0.25) is 15.9 Å². The van der Waals surface area contributed by atoms with Crippen LogP contribution < -0.4 is 14.9 Å². The zero-order chi connectivity index (χ0) is 19.6. The molecule has 0 spiro atoms. The van der Waals surface area contributed by atoms with E-state index in [0.717, 1.165) is 11.1 Å². The first-order chi connectivity index (χ1) is 12.8. The number of nitrogens with one attached hydrogen (secondary N) is 2. The van der Waals surface area contributed by atoms with Crippen LogP contribution in [0.25, 0.3) is 10.8 Å². The number of sulfonamides is 1. The Labute approximate surface area is 157 Å². The monoisotopic (exact) mass is 391 g/mol. The Bertz CT molecular complexity index is 988. The van der Waals surface area contributed by atoms with Crippen molar-refractivity contribution in [2.75, 3.05) is 32.1 Å². The molecule has 2 N–H and O–H groups in total. The highest BCUT2D eigenvalue weighted by Gasteiger charge is 2.28. The third-order valence-electron chi connectivity index (χ3n) is 4.32. The molecule has 1 atom stereocenters. The van der Waals surface area contributed by atoms with Gasteiger partial charge in [0, 0.05) is 37.0 Å². The van der Waals surface area contributed by atoms with Crippen LogP contribution in [0.2, 0.25) is 0 Å². The molecule has 27 heavy (non-hydrogen) atoms. The fourth-order valence-corrected chi connectivity index (χ4v) is 4.20. The molecule has 0 radical (unpaired) electrons. The molecule has 0 unspecified atom stereocenters. The topological polar surface area (TPSA) is 105 Å². The first kappa shape index (κ1) is 19.1. The number of hydrogen-bond acceptors (Lipinski definition) is 6. The van der Waals surface area contributed by atoms with Crippen molar-refractivity contribution in [1.82, 2.24) is 10.0 Å². The van der Waals surface area contributed by atoms with Crippen LogP contribution in [0.4, 0.5) is 5.69 Å². The van der Waals surface area contributed by atoms with E-state index in [1.54, 1.807) is 18.2 Å². The van der Waals surface area contributed by atoms with Crippen molar-refractivity contribution < 1.29 is 22.7 Å². The standard InChI is InChI=1S/C18H21N3O5S/c1-21(2)15-7-3-6-13-12(15)5-4-8-16(13)27(24,25)19-11-17(22)20-14-9-10-26-18(14)23/h3-8,14,19H,9-11H2,1-2H3,(H,20,22)/t14-/m0/s1. The Hall–Kier alpha value is -2.65. The Morgan fingerprint density at radius 1 is 1.19 bits per heavy atom. The summed E-state index contributed by atoms with van der Waals surface area (Å²) in [5.74, 6) is -1.09. The lowest BCUT2D eigenvalue weighted by Crippen LogP contribution is -2.43. The summed E-state index contributed by atoms with van der Waals surface area (Å²) < 4.78 is 32.5. The molecule has 1 saturated heterocycles. The molecule has 1 heterocycles. The zero-order valence-corrected chi connectivity index (χ0v) is 15.9. The van der Waals surface area contributed by atoms with Crippen molar-refractivity contribution in [2.45, 2.75) is 17.4 Å². The van der Waals surface area contributed by atoms with Crippen LogP contribution in [-0.2, 0) is 24.3 Å². The lowest BCUT2D eigenvalue weighted by atomic mass is 10.1. The van der Waals surface area contributed by atoms with Gasteiger partial charge in [-0.05, 0) is 12.1 Å². The molecule has 0 aromatic heterocycles. The molecular weight excluding hydrogens is 370 g/mol. The quantitative estimate of drug-likeness (QED) is 0.700. The molecule has 1 fully saturated rings. The number of carbonyl (C=O) groups is 2. The van der Waals surface area contributed by atoms with E-state index in [2.05, 4.69) is 10.0 Å². The summed E-state index contributed by atoms with van der Waals surface area (Å²) in [5, 5.41) is 3.83. The summed E-state index contributed by atoms with van der Waals surface area (Å²) in [6.45, 7) is -0.213. The van der Waals surface area contributed by atoms with E-state index in [9.17, 15) is 18.0 Å². The van der Waals surface area contributed by atoms with Crippen molar-refractivity contribution in [3.05, 3.63) is 36.4 Å². The minimum Gasteiger partial charge on any atom is -0.464 e. The van der Waals surface area contributed by atoms with Gasteiger partial charge in [0.05, 0.1) is 18.0 Å². The van der Waals surface area contributed by atoms with Gasteiger partial charge in [0.1, 0.15) is 6.04 Å². The van der Waals surface area contributed by atoms with E-state index in [1.165, 1.54) is 6.07 Å². The van der Waals surface area contributed by atoms with Gasteiger partial charge in [-0.3, -0.25) is 4.79 Å². The van der Waals surface area contributed by atoms with Crippen LogP contribution in [0.1, 0.15) is 6.42 Å². The van der Waals surface area contributed by atoms with E-state index in [4.69, 9.17) is 4.74 Å². The number of nitrogens with zero attached hydrogens (tertiary/aromatic N) is 1. The highest BCUT2D eigenvalue weighted by atomic mass is 32.2. The number of rotatable bonds is 6. The number of fused-ring (bicyclic) bond motifs is 1. The number of cyclic esters (lactones) is 1. The highest BCUT2D eigenvalue weighted by molar-refractivity contribution is 7.89. The minimum atomic E-state index is -3.92. The van der Waals surface area contributed by atoms with Crippen molar-refractivity contribution in [3.8, 4) is 0 Å². The van der Waals surface area contributed by atoms with Crippen LogP contribution in [0.15, 0.2) is 41.3 Å². The molecule has 144 valence electrons. The van der Waals surface area contributed by atoms with Gasteiger partial charge in [-0.25, -0.2) is 17.9 Å². The molecule has 1 aliphatic heterocycles. The molecule has 3 rings (SSSR count). The summed E-state index contributed by atoms with van der Waals surface area (Å²) in [6.07, 6.45) is 0.383. The number of anilines is 1. The maximum atomic E-state index is 12.7. The van der Waals surface area contributed by atoms with Crippen LogP contribution >= 0.6 is 0 Å². The summed E-state index contributed by atoms with van der Waals surface area (Å²) in [5.41, 5.74) is 0.891. The third-order valence-corrected chi connectivity index (χ3v) is 5.78. The molecule has 2 aromatic carbocycles. The van der Waals surface area contributed by atoms with Crippen LogP contribution in [-0.4, -0.2) is 53.6 Å². The molecule has 1 amide bonds. The largest absolute Gasteiger partial charge is 0.464 e. The smallest absolute Gasteiger partial charge is 0.328 e. The second-order valence-electron chi connectivity index (χ2n) is 6.42. The third kappa shape index (κ3) is 4.04. The Morgan fingerprint density at radius 3 is 2.56 bits per heavy atom. The van der Waals surface area contributed by atoms with Crippen LogP contribution in [0, 0.1) is 0 Å². The van der Waals surface area contributed by atoms with Gasteiger partial charge in [-0.2, -0.15) is 0 Å². The van der Waals surface area contributed by atoms with Gasteiger partial charge in [0.25, 0.3) is 0 Å². The zero-order valence-electron chi connectivity index (χ0n) is 15.1. The fraction of sp³-hybridized carbons (Fsp3) is 0.333. The summed E-state index contributed by atoms with van der Waals surface area (Å²) >= 11 is 0. The number of carbonyl (C=O) groups excluding carboxylic acids is 2. The SMILES string of the molecule is CN(C)c1cccc2c(S(=O)(=O)NCC(=O)N[C@H]3CCOC3=O)cccc12. The molecule has 8 nitrogen and oxygen atoms in total. The average molecular weight is 391 g/mol. The molecule has 1 aliphatic rings. The van der Waals surface area contributed by atoms with Crippen molar-refractivity contribution in [3.63, 3.8) is 0 Å². The molecule has 9 heteroatoms. The molecular formula is C18H21N3O5S. The van der Waals surface area contributed by atoms with Gasteiger partial charge < -0.3 is 15.0 Å². The van der Waals surface area contributed by atoms with Crippen molar-refractivity contribution in [2.24, 2.45) is 0 Å². The Kier molecular flexibility index (Phi) is 5.33. The molecule has 0 bridgehead atoms. The van der Waals surface area contributed by atoms with E-state index in [0.29, 0.717) is 11.8 Å². The normalized spacial score (nSPS) is 17.0. The van der Waals surface area contributed by atoms with E-state index >= 15 is 0 Å². The predicted molar refractivity (Wildman–Crippen MR) is 101 cm³/mol. The van der Waals surface area contributed by atoms with Crippen molar-refractivity contribution >= 4 is 38.4 Å². The summed E-state index contributed by atoms with van der Waals surface area (Å²) in [7, 11) is -0.154. The minimum absolute atomic E-state index is 0.0942. The predicted octanol–water partition coefficient (Wildman–Crippen LogP) is 0.616. The summed E-state index contributed by atoms with van der Waals surface area (Å²) in [6, 6.07) is 9.71. The summed E-state index contributed by atoms with van der Waals surface area (Å²) in [4.78, 5) is 25.4. The second kappa shape index (κ2) is 7.53. The fourth-order valence-electron chi connectivity index (χ4n) is 3.00. The van der Waals surface area contributed by atoms with E-state index < -0.39 is 34.5 Å². The number of esters is 1. The van der Waals surface area contributed by atoms with Gasteiger partial charge in [-0.15, -0.1) is 0 Å². The maximum absolute atomic E-state index is 12.7. The number of hydrogen-bond donors (Lipinski definition) is 2. The van der Waals surface area contributed by atoms with Crippen molar-refractivity contribution in [1.29, 1.82) is 0 Å². The molecule has 0 aliphatic carbocycles. The molecule has 0 saturated carbocycles. The second-order valence-corrected chi connectivity index (χ2v) is 8.16. The first-order valence-corrected chi connectivity index (χ1v) is 9.92. The van der Waals surface area contributed by atoms with E-state index in [-0.39, 0.29) is 11.5 Å². The van der Waals surface area contributed by atoms with Crippen LogP contribution in [0.3, 0.4) is 0 Å². The highest BCUT2D eigenvalue weighted by Crippen LogP contribution is 2.29. The van der Waals surface area contributed by atoms with Gasteiger partial charge in [0.15, 0.2) is 0 Å². The Morgan fingerprint density at radius 2 is 1.89 bits per heavy atom. The average Bonchev–Trinajstić information content (AvgIpc) is 3.03. The van der Waals surface area contributed by atoms with Gasteiger partial charge >= 0.3 is 5.97 Å². The maximum Gasteiger partial charge on any atom is 0.328 e. The van der Waals surface area contributed by atoms with E-state index in [1.807, 2.05) is 31.1 Å². The number of ether oxygens (including phenoxy) is 1. The lowest BCUT2D eigenvalue weighted by molar-refractivity contribution is -0.141. The number of amides is 1. The van der Waals surface area contributed by atoms with Gasteiger partial charge in [-0.1, -0.05) is 24.3 Å². The molecule has 2 aromatic rings.